The lowest BCUT2D eigenvalue weighted by Crippen LogP contribution is -2.37. The first-order chi connectivity index (χ1) is 20.1. The first-order valence-electron chi connectivity index (χ1n) is 14.0. The first-order valence-corrected chi connectivity index (χ1v) is 16.0. The van der Waals surface area contributed by atoms with Crippen LogP contribution in [0.25, 0.3) is 11.1 Å². The van der Waals surface area contributed by atoms with E-state index in [0.29, 0.717) is 18.1 Å². The highest BCUT2D eigenvalue weighted by Gasteiger charge is 2.24. The minimum Gasteiger partial charge on any atom is -0.490 e. The highest BCUT2D eigenvalue weighted by Crippen LogP contribution is 2.31. The summed E-state index contributed by atoms with van der Waals surface area (Å²) in [6, 6.07) is 20.2. The fraction of sp³-hybridized carbons (Fsp3) is 0.355. The van der Waals surface area contributed by atoms with Gasteiger partial charge in [-0.3, -0.25) is 9.59 Å². The van der Waals surface area contributed by atoms with E-state index >= 15 is 0 Å². The van der Waals surface area contributed by atoms with Crippen molar-refractivity contribution in [3.05, 3.63) is 88.4 Å². The number of benzene rings is 3. The Morgan fingerprint density at radius 3 is 2.37 bits per heavy atom. The standard InChI is InChI=1S/C31H36ClN3O6S.ClH/c32-25-6-4-5-24(17-25)28(36)19-34-16-15-21-9-11-22(12-10-21)23-13-14-27(31(38)35-42(39,40)20-30(33)37)29(18-23)41-26-7-2-1-3-8-26;/h4-6,9-14,17-18,26,28,34,36H,1-3,7-8,15-16,19-20H2,(H2,33,37)(H,35,38);1H/t28-;/m1./s1. The van der Waals surface area contributed by atoms with Gasteiger partial charge in [0.25, 0.3) is 5.91 Å². The molecule has 1 fully saturated rings. The topological polar surface area (TPSA) is 148 Å². The zero-order valence-electron chi connectivity index (χ0n) is 23.6. The Morgan fingerprint density at radius 1 is 1.00 bits per heavy atom. The lowest BCUT2D eigenvalue weighted by Gasteiger charge is -2.24. The molecule has 0 heterocycles. The van der Waals surface area contributed by atoms with Crippen molar-refractivity contribution < 1.29 is 27.9 Å². The Morgan fingerprint density at radius 2 is 1.70 bits per heavy atom. The molecule has 1 aliphatic carbocycles. The minimum absolute atomic E-state index is 0. The summed E-state index contributed by atoms with van der Waals surface area (Å²) < 4.78 is 32.5. The number of halogens is 2. The molecule has 12 heteroatoms. The van der Waals surface area contributed by atoms with Crippen LogP contribution in [0, 0.1) is 0 Å². The van der Waals surface area contributed by atoms with Gasteiger partial charge in [-0.2, -0.15) is 0 Å². The number of nitrogens with one attached hydrogen (secondary N) is 2. The second kappa shape index (κ2) is 16.1. The monoisotopic (exact) mass is 649 g/mol. The quantitative estimate of drug-likeness (QED) is 0.199. The van der Waals surface area contributed by atoms with Crippen LogP contribution in [0.1, 0.15) is 59.7 Å². The Kier molecular flexibility index (Phi) is 12.8. The smallest absolute Gasteiger partial charge is 0.268 e. The zero-order valence-corrected chi connectivity index (χ0v) is 26.0. The highest BCUT2D eigenvalue weighted by atomic mass is 35.5. The van der Waals surface area contributed by atoms with Gasteiger partial charge in [-0.25, -0.2) is 13.1 Å². The van der Waals surface area contributed by atoms with Crippen LogP contribution in [0.3, 0.4) is 0 Å². The van der Waals surface area contributed by atoms with Crippen LogP contribution in [0.15, 0.2) is 66.7 Å². The molecule has 4 rings (SSSR count). The van der Waals surface area contributed by atoms with Crippen molar-refractivity contribution in [2.45, 2.75) is 50.7 Å². The van der Waals surface area contributed by atoms with E-state index in [4.69, 9.17) is 22.1 Å². The van der Waals surface area contributed by atoms with Crippen molar-refractivity contribution in [1.82, 2.24) is 10.0 Å². The van der Waals surface area contributed by atoms with E-state index < -0.39 is 33.7 Å². The Bertz CT molecular complexity index is 1500. The molecule has 0 unspecified atom stereocenters. The van der Waals surface area contributed by atoms with E-state index in [1.54, 1.807) is 24.3 Å². The summed E-state index contributed by atoms with van der Waals surface area (Å²) in [5.41, 5.74) is 8.67. The van der Waals surface area contributed by atoms with E-state index in [1.807, 2.05) is 41.1 Å². The van der Waals surface area contributed by atoms with E-state index in [1.165, 1.54) is 6.07 Å². The fourth-order valence-electron chi connectivity index (χ4n) is 4.94. The van der Waals surface area contributed by atoms with Crippen LogP contribution in [-0.2, 0) is 21.2 Å². The second-order valence-electron chi connectivity index (χ2n) is 10.5. The molecule has 1 saturated carbocycles. The summed E-state index contributed by atoms with van der Waals surface area (Å²) in [7, 11) is -4.23. The summed E-state index contributed by atoms with van der Waals surface area (Å²) >= 11 is 6.01. The number of aliphatic hydroxyl groups excluding tert-OH is 1. The maximum atomic E-state index is 12.9. The molecule has 0 radical (unpaired) electrons. The highest BCUT2D eigenvalue weighted by molar-refractivity contribution is 7.90. The summed E-state index contributed by atoms with van der Waals surface area (Å²) in [4.78, 5) is 24.0. The van der Waals surface area contributed by atoms with Crippen LogP contribution in [0.4, 0.5) is 0 Å². The molecule has 0 aliphatic heterocycles. The van der Waals surface area contributed by atoms with Gasteiger partial charge in [0.15, 0.2) is 0 Å². The lowest BCUT2D eigenvalue weighted by atomic mass is 9.97. The largest absolute Gasteiger partial charge is 0.490 e. The number of nitrogens with two attached hydrogens (primary N) is 1. The third kappa shape index (κ3) is 10.5. The molecule has 1 aliphatic rings. The van der Waals surface area contributed by atoms with Crippen molar-refractivity contribution in [2.75, 3.05) is 18.8 Å². The third-order valence-electron chi connectivity index (χ3n) is 7.10. The van der Waals surface area contributed by atoms with Gasteiger partial charge in [0.05, 0.1) is 17.8 Å². The average molecular weight is 651 g/mol. The van der Waals surface area contributed by atoms with E-state index in [9.17, 15) is 23.1 Å². The number of sulfonamides is 1. The summed E-state index contributed by atoms with van der Waals surface area (Å²) in [5.74, 6) is -2.63. The van der Waals surface area contributed by atoms with E-state index in [-0.39, 0.29) is 29.8 Å². The fourth-order valence-corrected chi connectivity index (χ4v) is 5.97. The molecule has 0 aromatic heterocycles. The predicted molar refractivity (Wildman–Crippen MR) is 170 cm³/mol. The Hall–Kier alpha value is -3.15. The molecule has 3 aromatic carbocycles. The van der Waals surface area contributed by atoms with Crippen molar-refractivity contribution in [2.24, 2.45) is 5.73 Å². The van der Waals surface area contributed by atoms with Crippen molar-refractivity contribution in [1.29, 1.82) is 0 Å². The summed E-state index contributed by atoms with van der Waals surface area (Å²) in [5, 5.41) is 14.2. The molecule has 1 atom stereocenters. The number of amides is 2. The van der Waals surface area contributed by atoms with Gasteiger partial charge in [0, 0.05) is 11.6 Å². The van der Waals surface area contributed by atoms with Gasteiger partial charge >= 0.3 is 0 Å². The van der Waals surface area contributed by atoms with E-state index in [0.717, 1.165) is 60.8 Å². The number of ether oxygens (including phenoxy) is 1. The molecular formula is C31H37Cl2N3O6S. The summed E-state index contributed by atoms with van der Waals surface area (Å²) in [6.45, 7) is 1.09. The number of aliphatic hydroxyl groups is 1. The maximum Gasteiger partial charge on any atom is 0.268 e. The van der Waals surface area contributed by atoms with Crippen LogP contribution < -0.4 is 20.5 Å². The van der Waals surface area contributed by atoms with E-state index in [2.05, 4.69) is 5.32 Å². The Balaban J connectivity index is 0.00000506. The normalized spacial score (nSPS) is 14.4. The lowest BCUT2D eigenvalue weighted by molar-refractivity contribution is -0.115. The van der Waals surface area contributed by atoms with Gasteiger partial charge in [-0.05, 0) is 85.2 Å². The van der Waals surface area contributed by atoms with Crippen molar-refractivity contribution in [3.63, 3.8) is 0 Å². The van der Waals surface area contributed by atoms with Crippen LogP contribution in [0.5, 0.6) is 5.75 Å². The molecule has 232 valence electrons. The van der Waals surface area contributed by atoms with Crippen molar-refractivity contribution >= 4 is 45.8 Å². The Labute approximate surface area is 263 Å². The molecule has 3 aromatic rings. The van der Waals surface area contributed by atoms with Gasteiger partial charge in [-0.1, -0.05) is 60.5 Å². The van der Waals surface area contributed by atoms with Gasteiger partial charge in [0.1, 0.15) is 11.5 Å². The van der Waals surface area contributed by atoms with Gasteiger partial charge in [-0.15, -0.1) is 12.4 Å². The molecule has 0 spiro atoms. The number of carbonyl (C=O) groups excluding carboxylic acids is 2. The molecule has 9 nitrogen and oxygen atoms in total. The van der Waals surface area contributed by atoms with Crippen LogP contribution in [-0.4, -0.2) is 50.3 Å². The number of carbonyl (C=O) groups is 2. The molecule has 2 amide bonds. The minimum atomic E-state index is -4.23. The molecule has 0 bridgehead atoms. The number of primary amides is 1. The predicted octanol–water partition coefficient (Wildman–Crippen LogP) is 4.55. The van der Waals surface area contributed by atoms with Crippen LogP contribution >= 0.6 is 24.0 Å². The number of hydrogen-bond donors (Lipinski definition) is 4. The average Bonchev–Trinajstić information content (AvgIpc) is 2.95. The first kappa shape index (κ1) is 34.3. The van der Waals surface area contributed by atoms with Gasteiger partial charge < -0.3 is 20.9 Å². The van der Waals surface area contributed by atoms with Gasteiger partial charge in [0.2, 0.25) is 15.9 Å². The van der Waals surface area contributed by atoms with Crippen LogP contribution in [0.2, 0.25) is 5.02 Å². The summed E-state index contributed by atoms with van der Waals surface area (Å²) in [6.07, 6.45) is 4.91. The molecular weight excluding hydrogens is 613 g/mol. The number of hydrogen-bond acceptors (Lipinski definition) is 7. The molecule has 43 heavy (non-hydrogen) atoms. The maximum absolute atomic E-state index is 12.9. The second-order valence-corrected chi connectivity index (χ2v) is 12.6. The number of rotatable bonds is 13. The van der Waals surface area contributed by atoms with Crippen molar-refractivity contribution in [3.8, 4) is 16.9 Å². The molecule has 5 N–H and O–H groups in total. The molecule has 0 saturated heterocycles. The zero-order chi connectivity index (χ0) is 30.1. The SMILES string of the molecule is Cl.NC(=O)CS(=O)(=O)NC(=O)c1ccc(-c2ccc(CCNC[C@@H](O)c3cccc(Cl)c3)cc2)cc1OC1CCCCC1. The third-order valence-corrected chi connectivity index (χ3v) is 8.50.